The lowest BCUT2D eigenvalue weighted by atomic mass is 10.0. The third-order valence-corrected chi connectivity index (χ3v) is 3.58. The molecule has 1 rings (SSSR count). The monoisotopic (exact) mass is 279 g/mol. The van der Waals surface area contributed by atoms with Crippen molar-refractivity contribution >= 4 is 0 Å². The number of hydrogen-bond donors (Lipinski definition) is 1. The van der Waals surface area contributed by atoms with Gasteiger partial charge in [-0.15, -0.1) is 0 Å². The van der Waals surface area contributed by atoms with Gasteiger partial charge in [-0.2, -0.15) is 0 Å². The Kier molecular flexibility index (Phi) is 7.45. The molecule has 0 spiro atoms. The second-order valence-electron chi connectivity index (χ2n) is 5.55. The van der Waals surface area contributed by atoms with Gasteiger partial charge in [-0.05, 0) is 48.9 Å². The normalized spacial score (nSPS) is 13.8. The van der Waals surface area contributed by atoms with E-state index < -0.39 is 0 Å². The second kappa shape index (κ2) is 8.85. The minimum atomic E-state index is 0.164. The molecule has 3 nitrogen and oxygen atoms in total. The summed E-state index contributed by atoms with van der Waals surface area (Å²) in [6.45, 7) is 7.29. The van der Waals surface area contributed by atoms with Crippen LogP contribution in [0.15, 0.2) is 18.2 Å². The molecule has 114 valence electrons. The minimum Gasteiger partial charge on any atom is -0.497 e. The first-order chi connectivity index (χ1) is 9.60. The van der Waals surface area contributed by atoms with Crippen molar-refractivity contribution < 1.29 is 9.47 Å². The maximum absolute atomic E-state index is 6.07. The molecule has 0 aliphatic carbocycles. The summed E-state index contributed by atoms with van der Waals surface area (Å²) in [5.74, 6) is 2.38. The van der Waals surface area contributed by atoms with Gasteiger partial charge in [0.2, 0.25) is 0 Å². The summed E-state index contributed by atoms with van der Waals surface area (Å²) in [5.41, 5.74) is 7.21. The first kappa shape index (κ1) is 16.8. The molecule has 0 aliphatic heterocycles. The average molecular weight is 279 g/mol. The highest BCUT2D eigenvalue weighted by molar-refractivity contribution is 5.40. The van der Waals surface area contributed by atoms with Gasteiger partial charge in [-0.25, -0.2) is 0 Å². The van der Waals surface area contributed by atoms with Crippen molar-refractivity contribution in [3.8, 4) is 11.5 Å². The van der Waals surface area contributed by atoms with Crippen LogP contribution < -0.4 is 15.2 Å². The predicted octanol–water partition coefficient (Wildman–Crippen LogP) is 3.79. The molecule has 0 saturated heterocycles. The van der Waals surface area contributed by atoms with E-state index in [1.807, 2.05) is 18.2 Å². The Morgan fingerprint density at radius 2 is 2.00 bits per heavy atom. The van der Waals surface area contributed by atoms with Crippen LogP contribution in [-0.4, -0.2) is 19.8 Å². The highest BCUT2D eigenvalue weighted by Gasteiger charge is 2.11. The average Bonchev–Trinajstić information content (AvgIpc) is 2.46. The molecule has 1 aromatic carbocycles. The molecule has 2 N–H and O–H groups in total. The number of rotatable bonds is 9. The SMILES string of the molecule is CCCC(C)COc1ccc(OC)cc1CC(N)CC. The van der Waals surface area contributed by atoms with E-state index in [1.54, 1.807) is 7.11 Å². The van der Waals surface area contributed by atoms with Crippen molar-refractivity contribution in [1.82, 2.24) is 0 Å². The van der Waals surface area contributed by atoms with Crippen LogP contribution in [0.4, 0.5) is 0 Å². The van der Waals surface area contributed by atoms with Crippen LogP contribution in [0.5, 0.6) is 11.5 Å². The summed E-state index contributed by atoms with van der Waals surface area (Å²) < 4.78 is 11.3. The van der Waals surface area contributed by atoms with E-state index in [2.05, 4.69) is 20.8 Å². The van der Waals surface area contributed by atoms with Gasteiger partial charge < -0.3 is 15.2 Å². The van der Waals surface area contributed by atoms with Gasteiger partial charge in [0.25, 0.3) is 0 Å². The van der Waals surface area contributed by atoms with Gasteiger partial charge in [0.1, 0.15) is 11.5 Å². The zero-order chi connectivity index (χ0) is 15.0. The zero-order valence-corrected chi connectivity index (χ0v) is 13.3. The summed E-state index contributed by atoms with van der Waals surface area (Å²) in [6.07, 6.45) is 4.18. The smallest absolute Gasteiger partial charge is 0.122 e. The third kappa shape index (κ3) is 5.41. The molecule has 0 aromatic heterocycles. The van der Waals surface area contributed by atoms with Crippen molar-refractivity contribution in [2.75, 3.05) is 13.7 Å². The molecular weight excluding hydrogens is 250 g/mol. The topological polar surface area (TPSA) is 44.5 Å². The fraction of sp³-hybridized carbons (Fsp3) is 0.647. The Bertz CT molecular complexity index is 393. The number of ether oxygens (including phenoxy) is 2. The van der Waals surface area contributed by atoms with Crippen LogP contribution >= 0.6 is 0 Å². The Morgan fingerprint density at radius 3 is 2.60 bits per heavy atom. The molecule has 0 saturated carbocycles. The van der Waals surface area contributed by atoms with Gasteiger partial charge in [-0.3, -0.25) is 0 Å². The van der Waals surface area contributed by atoms with E-state index in [4.69, 9.17) is 15.2 Å². The number of methoxy groups -OCH3 is 1. The van der Waals surface area contributed by atoms with Crippen molar-refractivity contribution in [3.05, 3.63) is 23.8 Å². The summed E-state index contributed by atoms with van der Waals surface area (Å²) in [5, 5.41) is 0. The molecule has 1 aromatic rings. The molecule has 0 amide bonds. The first-order valence-electron chi connectivity index (χ1n) is 7.65. The lowest BCUT2D eigenvalue weighted by molar-refractivity contribution is 0.248. The van der Waals surface area contributed by atoms with Gasteiger partial charge in [0.15, 0.2) is 0 Å². The number of nitrogens with two attached hydrogens (primary N) is 1. The zero-order valence-electron chi connectivity index (χ0n) is 13.3. The standard InChI is InChI=1S/C17H29NO2/c1-5-7-13(3)12-20-17-9-8-16(19-4)11-14(17)10-15(18)6-2/h8-9,11,13,15H,5-7,10,12,18H2,1-4H3. The van der Waals surface area contributed by atoms with E-state index in [-0.39, 0.29) is 6.04 Å². The Balaban J connectivity index is 2.76. The van der Waals surface area contributed by atoms with Gasteiger partial charge in [0, 0.05) is 6.04 Å². The largest absolute Gasteiger partial charge is 0.497 e. The van der Waals surface area contributed by atoms with Crippen LogP contribution in [0.25, 0.3) is 0 Å². The van der Waals surface area contributed by atoms with E-state index in [0.717, 1.165) is 36.5 Å². The van der Waals surface area contributed by atoms with Crippen molar-refractivity contribution in [1.29, 1.82) is 0 Å². The number of benzene rings is 1. The minimum absolute atomic E-state index is 0.164. The Morgan fingerprint density at radius 1 is 1.25 bits per heavy atom. The third-order valence-electron chi connectivity index (χ3n) is 3.58. The molecule has 3 heteroatoms. The summed E-state index contributed by atoms with van der Waals surface area (Å²) in [4.78, 5) is 0. The summed E-state index contributed by atoms with van der Waals surface area (Å²) in [7, 11) is 1.68. The van der Waals surface area contributed by atoms with Crippen LogP contribution in [-0.2, 0) is 6.42 Å². The molecule has 0 radical (unpaired) electrons. The highest BCUT2D eigenvalue weighted by Crippen LogP contribution is 2.26. The van der Waals surface area contributed by atoms with E-state index >= 15 is 0 Å². The van der Waals surface area contributed by atoms with Crippen molar-refractivity contribution in [3.63, 3.8) is 0 Å². The fourth-order valence-corrected chi connectivity index (χ4v) is 2.22. The quantitative estimate of drug-likeness (QED) is 0.748. The van der Waals surface area contributed by atoms with E-state index in [1.165, 1.54) is 12.8 Å². The molecule has 0 heterocycles. The molecule has 2 atom stereocenters. The lowest BCUT2D eigenvalue weighted by Gasteiger charge is -2.17. The van der Waals surface area contributed by atoms with E-state index in [9.17, 15) is 0 Å². The number of hydrogen-bond acceptors (Lipinski definition) is 3. The van der Waals surface area contributed by atoms with Gasteiger partial charge in [-0.1, -0.05) is 27.2 Å². The van der Waals surface area contributed by atoms with E-state index in [0.29, 0.717) is 5.92 Å². The van der Waals surface area contributed by atoms with Crippen LogP contribution in [0.3, 0.4) is 0 Å². The van der Waals surface area contributed by atoms with Gasteiger partial charge >= 0.3 is 0 Å². The molecule has 0 fully saturated rings. The summed E-state index contributed by atoms with van der Waals surface area (Å²) in [6, 6.07) is 6.14. The Hall–Kier alpha value is -1.22. The van der Waals surface area contributed by atoms with Crippen molar-refractivity contribution in [2.45, 2.75) is 52.5 Å². The molecular formula is C17H29NO2. The molecule has 0 bridgehead atoms. The fourth-order valence-electron chi connectivity index (χ4n) is 2.22. The van der Waals surface area contributed by atoms with Crippen LogP contribution in [0.2, 0.25) is 0 Å². The summed E-state index contributed by atoms with van der Waals surface area (Å²) >= 11 is 0. The first-order valence-corrected chi connectivity index (χ1v) is 7.65. The van der Waals surface area contributed by atoms with Crippen LogP contribution in [0, 0.1) is 5.92 Å². The maximum Gasteiger partial charge on any atom is 0.122 e. The predicted molar refractivity (Wildman–Crippen MR) is 84.5 cm³/mol. The molecule has 0 aliphatic rings. The Labute approximate surface area is 123 Å². The second-order valence-corrected chi connectivity index (χ2v) is 5.55. The lowest BCUT2D eigenvalue weighted by Crippen LogP contribution is -2.22. The molecule has 2 unspecified atom stereocenters. The highest BCUT2D eigenvalue weighted by atomic mass is 16.5. The maximum atomic E-state index is 6.07. The van der Waals surface area contributed by atoms with Gasteiger partial charge in [0.05, 0.1) is 13.7 Å². The van der Waals surface area contributed by atoms with Crippen LogP contribution in [0.1, 0.15) is 45.6 Å². The van der Waals surface area contributed by atoms with Crippen molar-refractivity contribution in [2.24, 2.45) is 11.7 Å². The molecule has 20 heavy (non-hydrogen) atoms.